The summed E-state index contributed by atoms with van der Waals surface area (Å²) in [6.45, 7) is 6.86. The Kier molecular flexibility index (Phi) is 15.6. The van der Waals surface area contributed by atoms with Crippen LogP contribution in [0, 0.1) is 0 Å². The molecule has 0 N–H and O–H groups in total. The predicted molar refractivity (Wildman–Crippen MR) is 484 cm³/mol. The first-order valence-corrected chi connectivity index (χ1v) is 39.2. The van der Waals surface area contributed by atoms with Crippen molar-refractivity contribution >= 4 is 87.2 Å². The van der Waals surface area contributed by atoms with Crippen LogP contribution >= 0.6 is 0 Å². The molecule has 16 aromatic carbocycles. The van der Waals surface area contributed by atoms with E-state index >= 15 is 0 Å². The van der Waals surface area contributed by atoms with Crippen molar-refractivity contribution in [2.75, 3.05) is 0 Å². The van der Waals surface area contributed by atoms with E-state index in [1.165, 1.54) is 87.8 Å². The van der Waals surface area contributed by atoms with Crippen molar-refractivity contribution in [1.82, 2.24) is 38.2 Å². The molecule has 0 aliphatic carbocycles. The van der Waals surface area contributed by atoms with Crippen LogP contribution in [0.1, 0.15) is 33.2 Å². The molecule has 0 bridgehead atoms. The molecule has 22 aromatic rings. The summed E-state index contributed by atoms with van der Waals surface area (Å²) in [7, 11) is 0. The second-order valence-electron chi connectivity index (χ2n) is 30.7. The third kappa shape index (κ3) is 12.4. The number of hydrogen-bond acceptors (Lipinski definition) is 4. The zero-order valence-electron chi connectivity index (χ0n) is 68.9. The fourth-order valence-corrected chi connectivity index (χ4v) is 16.9. The number of benzene rings is 16. The van der Waals surface area contributed by atoms with Crippen LogP contribution in [0.25, 0.3) is 200 Å². The smallest absolute Gasteiger partial charge is 0.235 e. The monoisotopic (exact) mass is 1490 g/mol. The Balaban J connectivity index is 0.000000149. The molecular weight excluding hydrogens is 1410 g/mol. The van der Waals surface area contributed by atoms with E-state index in [-0.39, 0.29) is 35.1 Å². The van der Waals surface area contributed by atoms with Crippen molar-refractivity contribution in [2.24, 2.45) is 0 Å². The molecule has 0 radical (unpaired) electrons. The molecular formula is C108H76N8. The summed E-state index contributed by atoms with van der Waals surface area (Å²) >= 11 is 0. The standard InChI is InChI=1S/C56H42N4.C52H34N4/c1-56(2,3)44-27-30-53-49(36-44)48-35-42(25-28-52(48)59(53)45-17-8-5-9-18-45)41-26-29-54-47(34-41)46-19-10-11-20-51(46)60(54)55-57-32-31-50(58-55)43-16-12-15-40(33-43)39-23-21-38(22-24-39)37-13-6-4-7-14-37;1-3-12-35(13-4-1)38-14-11-15-39(30-38)36-22-24-37(25-23-36)42-33-53-52(54-34-42)56-49-21-10-8-19-45(49)47-32-41(27-29-51(47)56)40-26-28-50-46(31-40)44-18-7-9-20-48(44)55(50)43-16-5-2-6-17-43/h4-36H,1-3H3;1-34H/i;1D,3D,4D,12D,13D. The third-order valence-corrected chi connectivity index (χ3v) is 22.7. The molecule has 6 aromatic heterocycles. The van der Waals surface area contributed by atoms with Crippen LogP contribution in [0.5, 0.6) is 0 Å². The molecule has 0 fully saturated rings. The van der Waals surface area contributed by atoms with Gasteiger partial charge < -0.3 is 9.13 Å². The largest absolute Gasteiger partial charge is 0.309 e. The van der Waals surface area contributed by atoms with Gasteiger partial charge in [-0.25, -0.2) is 19.9 Å². The van der Waals surface area contributed by atoms with Gasteiger partial charge in [-0.05, 0) is 205 Å². The lowest BCUT2D eigenvalue weighted by Gasteiger charge is -2.19. The second-order valence-corrected chi connectivity index (χ2v) is 30.7. The number of rotatable bonds is 12. The molecule has 0 atom stereocenters. The maximum atomic E-state index is 8.43. The summed E-state index contributed by atoms with van der Waals surface area (Å²) in [5.74, 6) is 1.23. The van der Waals surface area contributed by atoms with E-state index in [0.717, 1.165) is 94.4 Å². The molecule has 548 valence electrons. The molecule has 0 aliphatic rings. The van der Waals surface area contributed by atoms with Crippen LogP contribution in [-0.4, -0.2) is 38.2 Å². The number of aromatic nitrogens is 8. The average molecular weight is 1490 g/mol. The Morgan fingerprint density at radius 1 is 0.233 bits per heavy atom. The van der Waals surface area contributed by atoms with E-state index in [1.54, 1.807) is 6.07 Å². The van der Waals surface area contributed by atoms with E-state index in [1.807, 2.05) is 73.2 Å². The highest BCUT2D eigenvalue weighted by Gasteiger charge is 2.23. The SMILES string of the molecule is CC(C)(C)c1ccc2c(c1)c1cc(-c3ccc4c(c3)c3ccccc3n4-c3nccc(-c4cccc(-c5ccc(-c6ccccc6)cc5)c4)n3)ccc1n2-c1ccccc1.[2H]c1c([2H])c([2H])c(-c2cccc(-c3ccc(-c4cnc(-n5c6ccccc6c6cc(-c7ccc8c(c7)c7ccccc7n8-c7ccccc7)ccc65)nc4)cc3)c2)c([2H])c1[2H]. The van der Waals surface area contributed by atoms with Crippen LogP contribution in [0.3, 0.4) is 0 Å². The zero-order chi connectivity index (χ0) is 81.7. The van der Waals surface area contributed by atoms with Crippen LogP contribution in [0.15, 0.2) is 407 Å². The van der Waals surface area contributed by atoms with Crippen molar-refractivity contribution < 1.29 is 6.85 Å². The zero-order valence-corrected chi connectivity index (χ0v) is 63.9. The van der Waals surface area contributed by atoms with Crippen LogP contribution in [-0.2, 0) is 5.41 Å². The number of nitrogens with zero attached hydrogens (tertiary/aromatic N) is 8. The minimum Gasteiger partial charge on any atom is -0.309 e. The average Bonchev–Trinajstić information content (AvgIpc) is 1.60. The van der Waals surface area contributed by atoms with Crippen molar-refractivity contribution in [3.05, 3.63) is 412 Å². The topological polar surface area (TPSA) is 71.3 Å². The quantitative estimate of drug-likeness (QED) is 0.122. The maximum absolute atomic E-state index is 8.43. The number of fused-ring (bicyclic) bond motifs is 12. The van der Waals surface area contributed by atoms with Crippen LogP contribution in [0.4, 0.5) is 0 Å². The van der Waals surface area contributed by atoms with Gasteiger partial charge in [0.15, 0.2) is 0 Å². The third-order valence-electron chi connectivity index (χ3n) is 22.7. The first-order valence-electron chi connectivity index (χ1n) is 41.7. The number of hydrogen-bond donors (Lipinski definition) is 0. The highest BCUT2D eigenvalue weighted by Crippen LogP contribution is 2.43. The van der Waals surface area contributed by atoms with Crippen molar-refractivity contribution in [3.8, 4) is 112 Å². The van der Waals surface area contributed by atoms with Gasteiger partial charge in [0, 0.05) is 84.2 Å². The molecule has 116 heavy (non-hydrogen) atoms. The molecule has 22 rings (SSSR count). The molecule has 0 saturated carbocycles. The lowest BCUT2D eigenvalue weighted by atomic mass is 9.86. The van der Waals surface area contributed by atoms with E-state index in [2.05, 4.69) is 336 Å². The Labute approximate surface area is 679 Å². The molecule has 8 heteroatoms. The van der Waals surface area contributed by atoms with Gasteiger partial charge in [-0.3, -0.25) is 9.13 Å². The summed E-state index contributed by atoms with van der Waals surface area (Å²) in [5.41, 5.74) is 28.3. The van der Waals surface area contributed by atoms with Crippen molar-refractivity contribution in [3.63, 3.8) is 0 Å². The first kappa shape index (κ1) is 63.5. The van der Waals surface area contributed by atoms with Crippen molar-refractivity contribution in [2.45, 2.75) is 26.2 Å². The summed E-state index contributed by atoms with van der Waals surface area (Å²) < 4.78 is 50.1. The van der Waals surface area contributed by atoms with Gasteiger partial charge in [0.25, 0.3) is 0 Å². The highest BCUT2D eigenvalue weighted by atomic mass is 15.2. The van der Waals surface area contributed by atoms with Gasteiger partial charge in [-0.15, -0.1) is 0 Å². The lowest BCUT2D eigenvalue weighted by molar-refractivity contribution is 0.591. The first-order chi connectivity index (χ1) is 59.2. The van der Waals surface area contributed by atoms with E-state index in [0.29, 0.717) is 17.5 Å². The fraction of sp³-hybridized carbons (Fsp3) is 0.0370. The Hall–Kier alpha value is -15.1. The summed E-state index contributed by atoms with van der Waals surface area (Å²) in [5, 5.41) is 9.53. The van der Waals surface area contributed by atoms with Gasteiger partial charge in [0.2, 0.25) is 11.9 Å². The minimum absolute atomic E-state index is 0.0371. The predicted octanol–water partition coefficient (Wildman–Crippen LogP) is 28.0. The number of para-hydroxylation sites is 5. The van der Waals surface area contributed by atoms with E-state index < -0.39 is 6.04 Å². The van der Waals surface area contributed by atoms with E-state index in [9.17, 15) is 0 Å². The lowest BCUT2D eigenvalue weighted by Crippen LogP contribution is -2.10. The molecule has 0 spiro atoms. The van der Waals surface area contributed by atoms with Crippen molar-refractivity contribution in [1.29, 1.82) is 0 Å². The van der Waals surface area contributed by atoms with Crippen LogP contribution < -0.4 is 0 Å². The summed E-state index contributed by atoms with van der Waals surface area (Å²) in [6.07, 6.45) is 5.58. The molecule has 0 saturated heterocycles. The summed E-state index contributed by atoms with van der Waals surface area (Å²) in [4.78, 5) is 19.9. The van der Waals surface area contributed by atoms with Gasteiger partial charge in [-0.2, -0.15) is 0 Å². The van der Waals surface area contributed by atoms with E-state index in [4.69, 9.17) is 26.8 Å². The highest BCUT2D eigenvalue weighted by molar-refractivity contribution is 6.15. The van der Waals surface area contributed by atoms with Gasteiger partial charge in [0.05, 0.1) is 56.7 Å². The molecule has 0 unspecified atom stereocenters. The Morgan fingerprint density at radius 3 is 1.04 bits per heavy atom. The van der Waals surface area contributed by atoms with Gasteiger partial charge >= 0.3 is 0 Å². The Morgan fingerprint density at radius 2 is 0.560 bits per heavy atom. The molecule has 8 nitrogen and oxygen atoms in total. The molecule has 6 heterocycles. The van der Waals surface area contributed by atoms with Crippen LogP contribution in [0.2, 0.25) is 0 Å². The minimum atomic E-state index is -0.402. The Bertz CT molecular complexity index is 7810. The normalized spacial score (nSPS) is 12.4. The summed E-state index contributed by atoms with van der Waals surface area (Å²) in [6, 6.07) is 125. The maximum Gasteiger partial charge on any atom is 0.235 e. The molecule has 0 aliphatic heterocycles. The fourth-order valence-electron chi connectivity index (χ4n) is 16.9. The molecule has 0 amide bonds. The van der Waals surface area contributed by atoms with Gasteiger partial charge in [0.1, 0.15) is 0 Å². The van der Waals surface area contributed by atoms with Gasteiger partial charge in [-0.1, -0.05) is 288 Å². The second kappa shape index (κ2) is 28.6.